The van der Waals surface area contributed by atoms with Crippen LogP contribution in [0.25, 0.3) is 6.08 Å². The predicted octanol–water partition coefficient (Wildman–Crippen LogP) is 2.27. The Balaban J connectivity index is 1.99. The molecule has 0 spiro atoms. The molecule has 2 aromatic rings. The summed E-state index contributed by atoms with van der Waals surface area (Å²) >= 11 is 0. The summed E-state index contributed by atoms with van der Waals surface area (Å²) in [4.78, 5) is 22.4. The summed E-state index contributed by atoms with van der Waals surface area (Å²) in [6.07, 6.45) is 4.26. The van der Waals surface area contributed by atoms with Crippen LogP contribution in [0.4, 0.5) is 0 Å². The Morgan fingerprint density at radius 3 is 2.26 bits per heavy atom. The summed E-state index contributed by atoms with van der Waals surface area (Å²) in [5.41, 5.74) is 2.72. The number of ketones is 1. The maximum atomic E-state index is 12.1. The summed E-state index contributed by atoms with van der Waals surface area (Å²) in [7, 11) is 0. The quantitative estimate of drug-likeness (QED) is 0.581. The number of hydrogen-bond donors (Lipinski definition) is 0. The number of aryl methyl sites for hydroxylation is 1. The van der Waals surface area contributed by atoms with Gasteiger partial charge in [-0.05, 0) is 47.9 Å². The number of allylic oxidation sites excluding steroid dienone is 1. The molecule has 0 bridgehead atoms. The second-order valence-electron chi connectivity index (χ2n) is 4.98. The smallest absolute Gasteiger partial charge is 0.185 e. The average molecular weight is 309 g/mol. The molecule has 0 unspecified atom stereocenters. The molecule has 0 saturated carbocycles. The zero-order valence-electron chi connectivity index (χ0n) is 12.8. The predicted molar refractivity (Wildman–Crippen MR) is 86.1 cm³/mol. The summed E-state index contributed by atoms with van der Waals surface area (Å²) in [5, 5.41) is 10.3. The number of hydrogen-bond acceptors (Lipinski definition) is 4. The Labute approximate surface area is 135 Å². The Hall–Kier alpha value is -2.88. The van der Waals surface area contributed by atoms with E-state index in [9.17, 15) is 14.7 Å². The van der Waals surface area contributed by atoms with Crippen LogP contribution in [-0.4, -0.2) is 18.4 Å². The summed E-state index contributed by atoms with van der Waals surface area (Å²) in [6, 6.07) is 14.3. The third-order valence-corrected chi connectivity index (χ3v) is 3.31. The number of carboxylic acid groups (broad SMARTS) is 1. The molecule has 0 amide bonds. The van der Waals surface area contributed by atoms with Crippen LogP contribution in [-0.2, 0) is 11.2 Å². The fourth-order valence-corrected chi connectivity index (χ4v) is 1.99. The van der Waals surface area contributed by atoms with Crippen LogP contribution in [0.5, 0.6) is 5.75 Å². The minimum absolute atomic E-state index is 0.129. The SMILES string of the molecule is CCc1ccc(/C=C/C(=O)c2ccc(OCC(=O)[O-])cc2)cc1. The molecule has 0 N–H and O–H groups in total. The lowest BCUT2D eigenvalue weighted by molar-refractivity contribution is -0.307. The van der Waals surface area contributed by atoms with Gasteiger partial charge in [-0.3, -0.25) is 4.79 Å². The van der Waals surface area contributed by atoms with E-state index in [4.69, 9.17) is 4.74 Å². The number of carbonyl (C=O) groups excluding carboxylic acids is 2. The van der Waals surface area contributed by atoms with Crippen molar-refractivity contribution in [3.63, 3.8) is 0 Å². The molecule has 0 aliphatic carbocycles. The van der Waals surface area contributed by atoms with Gasteiger partial charge >= 0.3 is 0 Å². The number of carbonyl (C=O) groups is 2. The van der Waals surface area contributed by atoms with Crippen molar-refractivity contribution in [1.82, 2.24) is 0 Å². The Kier molecular flexibility index (Phi) is 5.69. The highest BCUT2D eigenvalue weighted by Crippen LogP contribution is 2.14. The molecule has 0 saturated heterocycles. The fraction of sp³-hybridized carbons (Fsp3) is 0.158. The van der Waals surface area contributed by atoms with Gasteiger partial charge in [-0.1, -0.05) is 37.3 Å². The Morgan fingerprint density at radius 2 is 1.70 bits per heavy atom. The van der Waals surface area contributed by atoms with Gasteiger partial charge < -0.3 is 14.6 Å². The van der Waals surface area contributed by atoms with Gasteiger partial charge in [0.15, 0.2) is 5.78 Å². The summed E-state index contributed by atoms with van der Waals surface area (Å²) < 4.78 is 4.96. The van der Waals surface area contributed by atoms with Crippen molar-refractivity contribution in [2.45, 2.75) is 13.3 Å². The van der Waals surface area contributed by atoms with E-state index in [0.717, 1.165) is 12.0 Å². The lowest BCUT2D eigenvalue weighted by Gasteiger charge is -2.06. The number of aliphatic carboxylic acids is 1. The maximum Gasteiger partial charge on any atom is 0.185 e. The van der Waals surface area contributed by atoms with Gasteiger partial charge in [-0.2, -0.15) is 0 Å². The van der Waals surface area contributed by atoms with Gasteiger partial charge in [0, 0.05) is 5.56 Å². The lowest BCUT2D eigenvalue weighted by atomic mass is 10.1. The monoisotopic (exact) mass is 309 g/mol. The van der Waals surface area contributed by atoms with Crippen molar-refractivity contribution >= 4 is 17.8 Å². The molecule has 0 atom stereocenters. The maximum absolute atomic E-state index is 12.1. The van der Waals surface area contributed by atoms with Gasteiger partial charge in [-0.25, -0.2) is 0 Å². The van der Waals surface area contributed by atoms with E-state index < -0.39 is 12.6 Å². The molecular formula is C19H17O4-. The van der Waals surface area contributed by atoms with Gasteiger partial charge in [0.25, 0.3) is 0 Å². The van der Waals surface area contributed by atoms with Crippen molar-refractivity contribution < 1.29 is 19.4 Å². The highest BCUT2D eigenvalue weighted by Gasteiger charge is 2.02. The zero-order chi connectivity index (χ0) is 16.7. The van der Waals surface area contributed by atoms with E-state index >= 15 is 0 Å². The first-order valence-corrected chi connectivity index (χ1v) is 7.32. The van der Waals surface area contributed by atoms with Crippen molar-refractivity contribution in [3.05, 3.63) is 71.3 Å². The molecule has 0 aromatic heterocycles. The van der Waals surface area contributed by atoms with Crippen LogP contribution in [0.3, 0.4) is 0 Å². The van der Waals surface area contributed by atoms with E-state index in [0.29, 0.717) is 11.3 Å². The van der Waals surface area contributed by atoms with E-state index in [1.165, 1.54) is 11.6 Å². The third-order valence-electron chi connectivity index (χ3n) is 3.31. The second kappa shape index (κ2) is 7.94. The summed E-state index contributed by atoms with van der Waals surface area (Å²) in [6.45, 7) is 1.58. The van der Waals surface area contributed by atoms with E-state index in [-0.39, 0.29) is 5.78 Å². The van der Waals surface area contributed by atoms with Crippen LogP contribution >= 0.6 is 0 Å². The van der Waals surface area contributed by atoms with Gasteiger partial charge in [0.2, 0.25) is 0 Å². The van der Waals surface area contributed by atoms with Crippen molar-refractivity contribution in [2.75, 3.05) is 6.61 Å². The van der Waals surface area contributed by atoms with E-state index in [1.807, 2.05) is 24.3 Å². The molecular weight excluding hydrogens is 292 g/mol. The fourth-order valence-electron chi connectivity index (χ4n) is 1.99. The molecule has 0 aliphatic rings. The third kappa shape index (κ3) is 5.11. The molecule has 23 heavy (non-hydrogen) atoms. The Morgan fingerprint density at radius 1 is 1.04 bits per heavy atom. The first-order chi connectivity index (χ1) is 11.1. The number of benzene rings is 2. The normalized spacial score (nSPS) is 10.7. The molecule has 0 heterocycles. The molecule has 4 heteroatoms. The molecule has 0 fully saturated rings. The second-order valence-corrected chi connectivity index (χ2v) is 4.98. The molecule has 118 valence electrons. The number of rotatable bonds is 7. The van der Waals surface area contributed by atoms with Gasteiger partial charge in [0.1, 0.15) is 12.4 Å². The van der Waals surface area contributed by atoms with Crippen molar-refractivity contribution in [3.8, 4) is 5.75 Å². The molecule has 0 radical (unpaired) electrons. The molecule has 4 nitrogen and oxygen atoms in total. The van der Waals surface area contributed by atoms with Gasteiger partial charge in [0.05, 0.1) is 5.97 Å². The van der Waals surface area contributed by atoms with Crippen LogP contribution in [0.1, 0.15) is 28.4 Å². The van der Waals surface area contributed by atoms with Crippen LogP contribution in [0.2, 0.25) is 0 Å². The zero-order valence-corrected chi connectivity index (χ0v) is 12.8. The average Bonchev–Trinajstić information content (AvgIpc) is 2.58. The topological polar surface area (TPSA) is 66.4 Å². The lowest BCUT2D eigenvalue weighted by Crippen LogP contribution is -2.28. The standard InChI is InChI=1S/C19H18O4/c1-2-14-3-5-15(6-4-14)7-12-18(20)16-8-10-17(11-9-16)23-13-19(21)22/h3-12H,2,13H2,1H3,(H,21,22)/p-1/b12-7+. The number of ether oxygens (including phenoxy) is 1. The van der Waals surface area contributed by atoms with Crippen LogP contribution in [0.15, 0.2) is 54.6 Å². The summed E-state index contributed by atoms with van der Waals surface area (Å²) in [5.74, 6) is -1.04. The van der Waals surface area contributed by atoms with Crippen molar-refractivity contribution in [2.24, 2.45) is 0 Å². The van der Waals surface area contributed by atoms with Crippen LogP contribution in [0, 0.1) is 0 Å². The number of carboxylic acids is 1. The largest absolute Gasteiger partial charge is 0.546 e. The van der Waals surface area contributed by atoms with Crippen molar-refractivity contribution in [1.29, 1.82) is 0 Å². The first kappa shape index (κ1) is 16.5. The van der Waals surface area contributed by atoms with Gasteiger partial charge in [-0.15, -0.1) is 0 Å². The van der Waals surface area contributed by atoms with E-state index in [2.05, 4.69) is 6.92 Å². The highest BCUT2D eigenvalue weighted by atomic mass is 16.5. The molecule has 2 rings (SSSR count). The molecule has 2 aromatic carbocycles. The molecule has 0 aliphatic heterocycles. The minimum Gasteiger partial charge on any atom is -0.546 e. The first-order valence-electron chi connectivity index (χ1n) is 7.32. The minimum atomic E-state index is -1.29. The highest BCUT2D eigenvalue weighted by molar-refractivity contribution is 6.06. The van der Waals surface area contributed by atoms with Crippen LogP contribution < -0.4 is 9.84 Å². The van der Waals surface area contributed by atoms with E-state index in [1.54, 1.807) is 30.3 Å². The Bertz CT molecular complexity index is 697.